The van der Waals surface area contributed by atoms with Crippen molar-refractivity contribution < 1.29 is 20.1 Å². The Labute approximate surface area is 126 Å². The van der Waals surface area contributed by atoms with Gasteiger partial charge in [0.1, 0.15) is 0 Å². The number of nitrogens with zero attached hydrogens (tertiary/aromatic N) is 2. The fraction of sp³-hybridized carbons (Fsp3) is 0. The third-order valence-corrected chi connectivity index (χ3v) is 2.71. The van der Waals surface area contributed by atoms with Crippen LogP contribution < -0.4 is 0 Å². The van der Waals surface area contributed by atoms with E-state index in [4.69, 9.17) is 6.92 Å². The van der Waals surface area contributed by atoms with Crippen LogP contribution in [0.25, 0.3) is 17.1 Å². The molecular weight excluding hydrogens is 412 g/mol. The van der Waals surface area contributed by atoms with Crippen molar-refractivity contribution in [2.75, 3.05) is 0 Å². The Bertz CT molecular complexity index is 588. The molecule has 1 heterocycles. The van der Waals surface area contributed by atoms with Gasteiger partial charge in [-0.05, 0) is 12.1 Å². The van der Waals surface area contributed by atoms with E-state index in [-0.39, 0.29) is 20.1 Å². The van der Waals surface area contributed by atoms with Gasteiger partial charge in [-0.15, -0.1) is 35.9 Å². The number of rotatable bonds is 2. The van der Waals surface area contributed by atoms with Crippen molar-refractivity contribution in [3.8, 4) is 17.1 Å². The van der Waals surface area contributed by atoms with Gasteiger partial charge in [0.15, 0.2) is 0 Å². The van der Waals surface area contributed by atoms with Crippen molar-refractivity contribution in [2.24, 2.45) is 0 Å². The minimum atomic E-state index is 0. The third kappa shape index (κ3) is 2.83. The van der Waals surface area contributed by atoms with Crippen molar-refractivity contribution in [3.63, 3.8) is 0 Å². The molecule has 0 unspecified atom stereocenters. The van der Waals surface area contributed by atoms with E-state index in [1.807, 2.05) is 65.4 Å². The predicted molar refractivity (Wildman–Crippen MR) is 71.2 cm³/mol. The van der Waals surface area contributed by atoms with Crippen LogP contribution in [0.5, 0.6) is 0 Å². The van der Waals surface area contributed by atoms with Crippen LogP contribution in [0.1, 0.15) is 5.69 Å². The van der Waals surface area contributed by atoms with Crippen LogP contribution in [-0.2, 0) is 20.1 Å². The molecule has 3 rings (SSSR count). The SMILES string of the molecule is [CH]c1cn(-c2ccccc2)c(-c2[c-]cccc2)n1.[Ir]. The third-order valence-electron chi connectivity index (χ3n) is 2.71. The molecule has 3 aromatic rings. The molecule has 0 N–H and O–H groups in total. The standard InChI is InChI=1S/C16H11N2.Ir/c1-13-12-18(15-10-6-3-7-11-15)16(17-13)14-8-4-2-5-9-14;/h1-8,10-12H;/q-1;. The molecule has 1 aromatic heterocycles. The molecule has 3 heteroatoms. The Hall–Kier alpha value is -1.70. The molecule has 2 aromatic carbocycles. The normalized spacial score (nSPS) is 9.95. The number of hydrogen-bond acceptors (Lipinski definition) is 1. The average Bonchev–Trinajstić information content (AvgIpc) is 2.83. The summed E-state index contributed by atoms with van der Waals surface area (Å²) >= 11 is 0. The van der Waals surface area contributed by atoms with Crippen LogP contribution in [0, 0.1) is 13.0 Å². The van der Waals surface area contributed by atoms with E-state index >= 15 is 0 Å². The van der Waals surface area contributed by atoms with Gasteiger partial charge in [0.25, 0.3) is 0 Å². The monoisotopic (exact) mass is 424 g/mol. The van der Waals surface area contributed by atoms with E-state index in [2.05, 4.69) is 11.1 Å². The minimum absolute atomic E-state index is 0. The first-order valence-electron chi connectivity index (χ1n) is 5.72. The second-order valence-electron chi connectivity index (χ2n) is 3.97. The van der Waals surface area contributed by atoms with Crippen molar-refractivity contribution in [3.05, 3.63) is 79.5 Å². The van der Waals surface area contributed by atoms with Crippen LogP contribution in [0.3, 0.4) is 0 Å². The maximum absolute atomic E-state index is 5.81. The van der Waals surface area contributed by atoms with Gasteiger partial charge < -0.3 is 4.57 Å². The minimum Gasteiger partial charge on any atom is -0.340 e. The number of hydrogen-bond donors (Lipinski definition) is 0. The van der Waals surface area contributed by atoms with Crippen LogP contribution in [0.2, 0.25) is 0 Å². The van der Waals surface area contributed by atoms with Crippen molar-refractivity contribution in [1.82, 2.24) is 9.55 Å². The van der Waals surface area contributed by atoms with Crippen LogP contribution in [-0.4, -0.2) is 9.55 Å². The summed E-state index contributed by atoms with van der Waals surface area (Å²) in [5.74, 6) is 0.805. The van der Waals surface area contributed by atoms with E-state index < -0.39 is 0 Å². The van der Waals surface area contributed by atoms with Gasteiger partial charge in [-0.25, -0.2) is 0 Å². The fourth-order valence-corrected chi connectivity index (χ4v) is 1.91. The fourth-order valence-electron chi connectivity index (χ4n) is 1.91. The van der Waals surface area contributed by atoms with Gasteiger partial charge in [0, 0.05) is 38.9 Å². The second kappa shape index (κ2) is 5.96. The molecule has 0 bridgehead atoms. The largest absolute Gasteiger partial charge is 0.340 e. The molecule has 0 spiro atoms. The molecule has 19 heavy (non-hydrogen) atoms. The molecule has 0 atom stereocenters. The molecule has 2 nitrogen and oxygen atoms in total. The molecule has 95 valence electrons. The van der Waals surface area contributed by atoms with Gasteiger partial charge in [0.05, 0.1) is 11.5 Å². The summed E-state index contributed by atoms with van der Waals surface area (Å²) in [5.41, 5.74) is 2.47. The zero-order valence-electron chi connectivity index (χ0n) is 10.1. The van der Waals surface area contributed by atoms with Crippen LogP contribution in [0.4, 0.5) is 0 Å². The summed E-state index contributed by atoms with van der Waals surface area (Å²) in [5, 5.41) is 0. The Morgan fingerprint density at radius 1 is 1.00 bits per heavy atom. The summed E-state index contributed by atoms with van der Waals surface area (Å²) in [4.78, 5) is 4.37. The number of aromatic nitrogens is 2. The molecule has 0 amide bonds. The van der Waals surface area contributed by atoms with Crippen LogP contribution >= 0.6 is 0 Å². The first kappa shape index (κ1) is 13.7. The maximum atomic E-state index is 5.81. The molecular formula is C16H11IrN2-. The summed E-state index contributed by atoms with van der Waals surface area (Å²) in [7, 11) is 0. The Balaban J connectivity index is 0.00000133. The molecule has 0 aliphatic carbocycles. The maximum Gasteiger partial charge on any atom is 0.0606 e. The first-order valence-corrected chi connectivity index (χ1v) is 5.72. The smallest absolute Gasteiger partial charge is 0.0606 e. The zero-order chi connectivity index (χ0) is 12.4. The molecule has 0 aliphatic rings. The summed E-state index contributed by atoms with van der Waals surface area (Å²) in [6, 6.07) is 20.9. The van der Waals surface area contributed by atoms with Crippen molar-refractivity contribution in [1.29, 1.82) is 0 Å². The van der Waals surface area contributed by atoms with Gasteiger partial charge in [-0.1, -0.05) is 18.2 Å². The van der Waals surface area contributed by atoms with Crippen LogP contribution in [0.15, 0.2) is 60.8 Å². The molecule has 0 aliphatic heterocycles. The Morgan fingerprint density at radius 2 is 1.74 bits per heavy atom. The topological polar surface area (TPSA) is 17.8 Å². The molecule has 0 saturated heterocycles. The van der Waals surface area contributed by atoms with E-state index in [9.17, 15) is 0 Å². The summed E-state index contributed by atoms with van der Waals surface area (Å²) < 4.78 is 1.97. The van der Waals surface area contributed by atoms with Gasteiger partial charge in [0.2, 0.25) is 0 Å². The van der Waals surface area contributed by atoms with Gasteiger partial charge in [-0.3, -0.25) is 4.98 Å². The molecule has 0 saturated carbocycles. The number of para-hydroxylation sites is 1. The quantitative estimate of drug-likeness (QED) is 0.578. The second-order valence-corrected chi connectivity index (χ2v) is 3.97. The van der Waals surface area contributed by atoms with Crippen molar-refractivity contribution >= 4 is 0 Å². The Kier molecular flexibility index (Phi) is 4.31. The van der Waals surface area contributed by atoms with E-state index in [0.717, 1.165) is 17.1 Å². The number of imidazole rings is 1. The first-order chi connectivity index (χ1) is 8.84. The molecule has 0 fully saturated rings. The van der Waals surface area contributed by atoms with Gasteiger partial charge in [-0.2, -0.15) is 0 Å². The predicted octanol–water partition coefficient (Wildman–Crippen LogP) is 3.40. The van der Waals surface area contributed by atoms with E-state index in [0.29, 0.717) is 5.69 Å². The number of benzene rings is 2. The zero-order valence-corrected chi connectivity index (χ0v) is 12.5. The summed E-state index contributed by atoms with van der Waals surface area (Å²) in [6.07, 6.45) is 1.82. The van der Waals surface area contributed by atoms with Gasteiger partial charge >= 0.3 is 0 Å². The van der Waals surface area contributed by atoms with E-state index in [1.54, 1.807) is 0 Å². The Morgan fingerprint density at radius 3 is 2.42 bits per heavy atom. The van der Waals surface area contributed by atoms with Crippen molar-refractivity contribution in [2.45, 2.75) is 0 Å². The average molecular weight is 423 g/mol. The summed E-state index contributed by atoms with van der Waals surface area (Å²) in [6.45, 7) is 5.81. The molecule has 3 radical (unpaired) electrons. The van der Waals surface area contributed by atoms with E-state index in [1.165, 1.54) is 0 Å².